The van der Waals surface area contributed by atoms with Crippen LogP contribution in [0.3, 0.4) is 0 Å². The number of halogens is 1. The highest BCUT2D eigenvalue weighted by Gasteiger charge is 2.22. The van der Waals surface area contributed by atoms with Gasteiger partial charge in [-0.05, 0) is 46.2 Å². The fraction of sp³-hybridized carbons (Fsp3) is 0.500. The molecule has 0 unspecified atom stereocenters. The lowest BCUT2D eigenvalue weighted by atomic mass is 10.1. The quantitative estimate of drug-likeness (QED) is 0.559. The van der Waals surface area contributed by atoms with E-state index >= 15 is 0 Å². The third kappa shape index (κ3) is 3.20. The van der Waals surface area contributed by atoms with E-state index in [0.29, 0.717) is 5.56 Å². The summed E-state index contributed by atoms with van der Waals surface area (Å²) in [7, 11) is 0. The van der Waals surface area contributed by atoms with Crippen LogP contribution in [0, 0.1) is 13.8 Å². The van der Waals surface area contributed by atoms with Crippen molar-refractivity contribution >= 4 is 17.6 Å². The predicted molar refractivity (Wildman–Crippen MR) is 63.9 cm³/mol. The van der Waals surface area contributed by atoms with Crippen LogP contribution in [0.25, 0.3) is 0 Å². The monoisotopic (exact) mass is 241 g/mol. The highest BCUT2D eigenvalue weighted by atomic mass is 35.5. The molecule has 1 rings (SSSR count). The number of esters is 1. The van der Waals surface area contributed by atoms with Gasteiger partial charge in [0.15, 0.2) is 0 Å². The van der Waals surface area contributed by atoms with Crippen LogP contribution in [0.1, 0.15) is 42.4 Å². The summed E-state index contributed by atoms with van der Waals surface area (Å²) in [6.07, 6.45) is 0. The fourth-order valence-electron chi connectivity index (χ4n) is 1.37. The van der Waals surface area contributed by atoms with E-state index in [4.69, 9.17) is 16.3 Å². The van der Waals surface area contributed by atoms with Crippen LogP contribution in [0.4, 0.5) is 0 Å². The van der Waals surface area contributed by atoms with Gasteiger partial charge in [0.1, 0.15) is 10.8 Å². The second-order valence-corrected chi connectivity index (χ2v) is 5.11. The second kappa shape index (κ2) is 4.42. The highest BCUT2D eigenvalue weighted by molar-refractivity contribution is 6.32. The molecule has 88 valence electrons. The Hall–Kier alpha value is -1.09. The van der Waals surface area contributed by atoms with Crippen molar-refractivity contribution in [3.63, 3.8) is 0 Å². The maximum absolute atomic E-state index is 11.9. The summed E-state index contributed by atoms with van der Waals surface area (Å²) in [6, 6.07) is 1.81. The molecule has 0 radical (unpaired) electrons. The van der Waals surface area contributed by atoms with E-state index in [-0.39, 0.29) is 5.15 Å². The summed E-state index contributed by atoms with van der Waals surface area (Å²) in [6.45, 7) is 9.10. The molecule has 16 heavy (non-hydrogen) atoms. The molecule has 1 aromatic heterocycles. The molecular weight excluding hydrogens is 226 g/mol. The number of aryl methyl sites for hydroxylation is 2. The Kier molecular flexibility index (Phi) is 3.58. The Morgan fingerprint density at radius 2 is 1.94 bits per heavy atom. The second-order valence-electron chi connectivity index (χ2n) is 4.75. The fourth-order valence-corrected chi connectivity index (χ4v) is 1.73. The molecule has 1 heterocycles. The van der Waals surface area contributed by atoms with Crippen molar-refractivity contribution in [3.05, 3.63) is 28.0 Å². The summed E-state index contributed by atoms with van der Waals surface area (Å²) in [5.74, 6) is -0.428. The third-order valence-corrected chi connectivity index (χ3v) is 2.18. The molecule has 0 aromatic carbocycles. The number of ether oxygens (including phenoxy) is 1. The normalized spacial score (nSPS) is 11.4. The maximum atomic E-state index is 11.9. The zero-order valence-corrected chi connectivity index (χ0v) is 11.0. The molecule has 0 aliphatic heterocycles. The molecule has 0 amide bonds. The molecule has 0 fully saturated rings. The Morgan fingerprint density at radius 1 is 1.38 bits per heavy atom. The van der Waals surface area contributed by atoms with Crippen LogP contribution in [0.2, 0.25) is 5.15 Å². The van der Waals surface area contributed by atoms with Crippen molar-refractivity contribution in [2.24, 2.45) is 0 Å². The molecule has 0 aliphatic rings. The summed E-state index contributed by atoms with van der Waals surface area (Å²) >= 11 is 5.95. The van der Waals surface area contributed by atoms with Crippen molar-refractivity contribution in [2.75, 3.05) is 0 Å². The highest BCUT2D eigenvalue weighted by Crippen LogP contribution is 2.22. The Labute approximate surface area is 101 Å². The standard InChI is InChI=1S/C12H16ClNO2/c1-7-6-8(2)14-10(13)9(7)11(15)16-12(3,4)5/h6H,1-5H3. The first-order valence-corrected chi connectivity index (χ1v) is 5.45. The molecule has 0 spiro atoms. The van der Waals surface area contributed by atoms with E-state index in [1.54, 1.807) is 0 Å². The van der Waals surface area contributed by atoms with E-state index in [2.05, 4.69) is 4.98 Å². The van der Waals surface area contributed by atoms with E-state index in [1.807, 2.05) is 40.7 Å². The number of pyridine rings is 1. The zero-order valence-electron chi connectivity index (χ0n) is 10.2. The summed E-state index contributed by atoms with van der Waals surface area (Å²) in [5, 5.41) is 0.201. The van der Waals surface area contributed by atoms with Gasteiger partial charge in [-0.15, -0.1) is 0 Å². The van der Waals surface area contributed by atoms with Crippen molar-refractivity contribution in [2.45, 2.75) is 40.2 Å². The molecular formula is C12H16ClNO2. The van der Waals surface area contributed by atoms with Gasteiger partial charge in [0.2, 0.25) is 0 Å². The van der Waals surface area contributed by atoms with Gasteiger partial charge >= 0.3 is 5.97 Å². The lowest BCUT2D eigenvalue weighted by Crippen LogP contribution is -2.24. The van der Waals surface area contributed by atoms with Gasteiger partial charge < -0.3 is 4.74 Å². The van der Waals surface area contributed by atoms with Crippen LogP contribution in [0.5, 0.6) is 0 Å². The van der Waals surface area contributed by atoms with E-state index < -0.39 is 11.6 Å². The molecule has 4 heteroatoms. The maximum Gasteiger partial charge on any atom is 0.342 e. The van der Waals surface area contributed by atoms with Crippen molar-refractivity contribution in [1.29, 1.82) is 0 Å². The molecule has 0 atom stereocenters. The van der Waals surface area contributed by atoms with Gasteiger partial charge in [-0.1, -0.05) is 11.6 Å². The van der Waals surface area contributed by atoms with E-state index in [9.17, 15) is 4.79 Å². The van der Waals surface area contributed by atoms with Crippen LogP contribution in [-0.2, 0) is 4.74 Å². The number of aromatic nitrogens is 1. The SMILES string of the molecule is Cc1cc(C)c(C(=O)OC(C)(C)C)c(Cl)n1. The third-order valence-electron chi connectivity index (χ3n) is 1.90. The van der Waals surface area contributed by atoms with Gasteiger partial charge in [-0.25, -0.2) is 9.78 Å². The summed E-state index contributed by atoms with van der Waals surface area (Å²) in [5.41, 5.74) is 1.39. The number of nitrogens with zero attached hydrogens (tertiary/aromatic N) is 1. The van der Waals surface area contributed by atoms with Crippen molar-refractivity contribution in [1.82, 2.24) is 4.98 Å². The first-order chi connectivity index (χ1) is 7.20. The molecule has 3 nitrogen and oxygen atoms in total. The van der Waals surface area contributed by atoms with Gasteiger partial charge in [-0.3, -0.25) is 0 Å². The van der Waals surface area contributed by atoms with Gasteiger partial charge in [0, 0.05) is 5.69 Å². The van der Waals surface area contributed by atoms with Crippen LogP contribution in [0.15, 0.2) is 6.07 Å². The minimum atomic E-state index is -0.530. The molecule has 1 aromatic rings. The van der Waals surface area contributed by atoms with Crippen LogP contribution >= 0.6 is 11.6 Å². The van der Waals surface area contributed by atoms with Crippen molar-refractivity contribution < 1.29 is 9.53 Å². The number of hydrogen-bond donors (Lipinski definition) is 0. The number of carbonyl (C=O) groups is 1. The molecule has 0 aliphatic carbocycles. The number of hydrogen-bond acceptors (Lipinski definition) is 3. The van der Waals surface area contributed by atoms with E-state index in [0.717, 1.165) is 11.3 Å². The number of carbonyl (C=O) groups excluding carboxylic acids is 1. The Bertz CT molecular complexity index is 399. The largest absolute Gasteiger partial charge is 0.456 e. The van der Waals surface area contributed by atoms with Crippen LogP contribution < -0.4 is 0 Å². The average molecular weight is 242 g/mol. The average Bonchev–Trinajstić information content (AvgIpc) is 1.96. The Balaban J connectivity index is 3.10. The van der Waals surface area contributed by atoms with Crippen molar-refractivity contribution in [3.8, 4) is 0 Å². The van der Waals surface area contributed by atoms with Gasteiger partial charge in [0.05, 0.1) is 5.56 Å². The lowest BCUT2D eigenvalue weighted by Gasteiger charge is -2.20. The van der Waals surface area contributed by atoms with Gasteiger partial charge in [-0.2, -0.15) is 0 Å². The van der Waals surface area contributed by atoms with Crippen LogP contribution in [-0.4, -0.2) is 16.6 Å². The zero-order chi connectivity index (χ0) is 12.5. The smallest absolute Gasteiger partial charge is 0.342 e. The minimum Gasteiger partial charge on any atom is -0.456 e. The summed E-state index contributed by atoms with van der Waals surface area (Å²) in [4.78, 5) is 15.9. The van der Waals surface area contributed by atoms with Gasteiger partial charge in [0.25, 0.3) is 0 Å². The summed E-state index contributed by atoms with van der Waals surface area (Å²) < 4.78 is 5.26. The molecule has 0 saturated carbocycles. The molecule has 0 N–H and O–H groups in total. The predicted octanol–water partition coefficient (Wildman–Crippen LogP) is 3.31. The first kappa shape index (κ1) is 13.0. The van der Waals surface area contributed by atoms with E-state index in [1.165, 1.54) is 0 Å². The number of rotatable bonds is 1. The Morgan fingerprint density at radius 3 is 2.38 bits per heavy atom. The lowest BCUT2D eigenvalue weighted by molar-refractivity contribution is 0.00685. The first-order valence-electron chi connectivity index (χ1n) is 5.08. The topological polar surface area (TPSA) is 39.2 Å². The minimum absolute atomic E-state index is 0.201. The molecule has 0 saturated heterocycles. The molecule has 0 bridgehead atoms.